The summed E-state index contributed by atoms with van der Waals surface area (Å²) in [6, 6.07) is 7.81. The summed E-state index contributed by atoms with van der Waals surface area (Å²) in [5.74, 6) is 0. The predicted molar refractivity (Wildman–Crippen MR) is 111 cm³/mol. The van der Waals surface area contributed by atoms with E-state index in [1.54, 1.807) is 23.7 Å². The van der Waals surface area contributed by atoms with Crippen molar-refractivity contribution in [3.8, 4) is 11.3 Å². The van der Waals surface area contributed by atoms with Crippen LogP contribution in [-0.4, -0.2) is 55.6 Å². The van der Waals surface area contributed by atoms with Gasteiger partial charge in [0.1, 0.15) is 0 Å². The molecule has 0 atom stereocenters. The number of imidazole rings is 1. The minimum Gasteiger partial charge on any atom is -0.344 e. The summed E-state index contributed by atoms with van der Waals surface area (Å²) in [6.07, 6.45) is 7.26. The van der Waals surface area contributed by atoms with E-state index in [1.165, 1.54) is 0 Å². The van der Waals surface area contributed by atoms with Crippen LogP contribution in [0.25, 0.3) is 16.2 Å². The van der Waals surface area contributed by atoms with Crippen LogP contribution in [0.15, 0.2) is 49.1 Å². The Morgan fingerprint density at radius 1 is 1.07 bits per heavy atom. The summed E-state index contributed by atoms with van der Waals surface area (Å²) in [7, 11) is 0. The molecule has 1 fully saturated rings. The molecule has 4 aromatic heterocycles. The van der Waals surface area contributed by atoms with Crippen molar-refractivity contribution >= 4 is 33.0 Å². The van der Waals surface area contributed by atoms with E-state index < -0.39 is 0 Å². The molecule has 9 heteroatoms. The van der Waals surface area contributed by atoms with Crippen LogP contribution >= 0.6 is 22.9 Å². The molecule has 4 aromatic rings. The highest BCUT2D eigenvalue weighted by molar-refractivity contribution is 7.20. The van der Waals surface area contributed by atoms with Crippen LogP contribution in [0.5, 0.6) is 0 Å². The smallest absolute Gasteiger partial charge is 0.214 e. The maximum atomic E-state index is 5.91. The van der Waals surface area contributed by atoms with E-state index in [0.717, 1.165) is 59.8 Å². The number of aromatic nitrogens is 5. The molecule has 7 nitrogen and oxygen atoms in total. The van der Waals surface area contributed by atoms with Gasteiger partial charge in [0.15, 0.2) is 0 Å². The third-order valence-corrected chi connectivity index (χ3v) is 6.01. The van der Waals surface area contributed by atoms with Crippen molar-refractivity contribution in [3.63, 3.8) is 0 Å². The van der Waals surface area contributed by atoms with E-state index in [4.69, 9.17) is 21.7 Å². The SMILES string of the molecule is Clc1ccc(CN2CCN(c3nn4cc(-c5cccnc5)nc4s3)CC2)nc1. The third kappa shape index (κ3) is 3.58. The number of anilines is 1. The lowest BCUT2D eigenvalue weighted by Gasteiger charge is -2.34. The summed E-state index contributed by atoms with van der Waals surface area (Å²) >= 11 is 7.54. The average Bonchev–Trinajstić information content (AvgIpc) is 3.30. The highest BCUT2D eigenvalue weighted by atomic mass is 35.5. The molecule has 0 radical (unpaired) electrons. The fraction of sp³-hybridized carbons (Fsp3) is 0.263. The lowest BCUT2D eigenvalue weighted by atomic mass is 10.2. The Balaban J connectivity index is 1.24. The third-order valence-electron chi connectivity index (χ3n) is 4.81. The van der Waals surface area contributed by atoms with Crippen molar-refractivity contribution in [2.24, 2.45) is 0 Å². The van der Waals surface area contributed by atoms with Gasteiger partial charge in [-0.1, -0.05) is 22.9 Å². The molecule has 1 aliphatic heterocycles. The largest absolute Gasteiger partial charge is 0.344 e. The summed E-state index contributed by atoms with van der Waals surface area (Å²) in [4.78, 5) is 18.9. The first-order valence-corrected chi connectivity index (χ1v) is 10.3. The minimum atomic E-state index is 0.675. The van der Waals surface area contributed by atoms with Crippen LogP contribution in [0.3, 0.4) is 0 Å². The number of hydrogen-bond donors (Lipinski definition) is 0. The number of rotatable bonds is 4. The van der Waals surface area contributed by atoms with Crippen LogP contribution in [-0.2, 0) is 6.54 Å². The van der Waals surface area contributed by atoms with Crippen molar-refractivity contribution in [2.45, 2.75) is 6.54 Å². The average molecular weight is 412 g/mol. The van der Waals surface area contributed by atoms with E-state index in [-0.39, 0.29) is 0 Å². The second-order valence-electron chi connectivity index (χ2n) is 6.71. The topological polar surface area (TPSA) is 62.5 Å². The lowest BCUT2D eigenvalue weighted by Crippen LogP contribution is -2.46. The zero-order valence-corrected chi connectivity index (χ0v) is 16.6. The molecule has 0 aliphatic carbocycles. The Morgan fingerprint density at radius 3 is 2.68 bits per heavy atom. The van der Waals surface area contributed by atoms with Gasteiger partial charge < -0.3 is 4.90 Å². The molecular formula is C19H18ClN7S. The molecule has 0 N–H and O–H groups in total. The van der Waals surface area contributed by atoms with Gasteiger partial charge in [-0.2, -0.15) is 0 Å². The number of fused-ring (bicyclic) bond motifs is 1. The molecule has 1 saturated heterocycles. The van der Waals surface area contributed by atoms with Gasteiger partial charge in [-0.3, -0.25) is 14.9 Å². The summed E-state index contributed by atoms with van der Waals surface area (Å²) in [6.45, 7) is 4.69. The first-order valence-electron chi connectivity index (χ1n) is 9.09. The van der Waals surface area contributed by atoms with E-state index in [1.807, 2.05) is 41.2 Å². The van der Waals surface area contributed by atoms with Crippen molar-refractivity contribution in [3.05, 3.63) is 59.8 Å². The molecule has 5 heterocycles. The molecule has 0 spiro atoms. The van der Waals surface area contributed by atoms with Gasteiger partial charge in [-0.05, 0) is 24.3 Å². The molecule has 142 valence electrons. The van der Waals surface area contributed by atoms with Gasteiger partial charge in [0.25, 0.3) is 0 Å². The summed E-state index contributed by atoms with van der Waals surface area (Å²) in [5, 5.41) is 6.43. The zero-order valence-electron chi connectivity index (χ0n) is 15.1. The fourth-order valence-electron chi connectivity index (χ4n) is 3.30. The van der Waals surface area contributed by atoms with E-state index in [9.17, 15) is 0 Å². The second kappa shape index (κ2) is 7.46. The number of piperazine rings is 1. The Kier molecular flexibility index (Phi) is 4.67. The normalized spacial score (nSPS) is 15.4. The van der Waals surface area contributed by atoms with E-state index >= 15 is 0 Å². The first kappa shape index (κ1) is 17.5. The van der Waals surface area contributed by atoms with E-state index in [2.05, 4.69) is 19.8 Å². The van der Waals surface area contributed by atoms with E-state index in [0.29, 0.717) is 5.02 Å². The minimum absolute atomic E-state index is 0.675. The molecular weight excluding hydrogens is 394 g/mol. The maximum Gasteiger partial charge on any atom is 0.214 e. The molecule has 0 unspecified atom stereocenters. The van der Waals surface area contributed by atoms with Crippen LogP contribution in [0.4, 0.5) is 5.13 Å². The summed E-state index contributed by atoms with van der Waals surface area (Å²) < 4.78 is 1.87. The Labute approximate surface area is 171 Å². The van der Waals surface area contributed by atoms with Crippen molar-refractivity contribution in [1.82, 2.24) is 29.5 Å². The molecule has 1 aliphatic rings. The standard InChI is InChI=1S/C19H18ClN7S/c20-15-3-4-16(22-11-15)12-25-6-8-26(9-7-25)19-24-27-13-17(23-18(27)28-19)14-2-1-5-21-10-14/h1-5,10-11,13H,6-9,12H2. The Bertz CT molecular complexity index is 1040. The number of halogens is 1. The molecule has 28 heavy (non-hydrogen) atoms. The molecule has 0 saturated carbocycles. The van der Waals surface area contributed by atoms with Gasteiger partial charge in [-0.15, -0.1) is 5.10 Å². The van der Waals surface area contributed by atoms with Crippen LogP contribution in [0.1, 0.15) is 5.69 Å². The lowest BCUT2D eigenvalue weighted by molar-refractivity contribution is 0.247. The fourth-order valence-corrected chi connectivity index (χ4v) is 4.34. The number of hydrogen-bond acceptors (Lipinski definition) is 7. The quantitative estimate of drug-likeness (QED) is 0.513. The molecule has 0 amide bonds. The highest BCUT2D eigenvalue weighted by Crippen LogP contribution is 2.27. The van der Waals surface area contributed by atoms with Gasteiger partial charge in [0, 0.05) is 56.9 Å². The maximum absolute atomic E-state index is 5.91. The Hall–Kier alpha value is -2.55. The zero-order chi connectivity index (χ0) is 18.9. The van der Waals surface area contributed by atoms with Crippen molar-refractivity contribution in [2.75, 3.05) is 31.1 Å². The van der Waals surface area contributed by atoms with Crippen LogP contribution in [0, 0.1) is 0 Å². The molecule has 0 bridgehead atoms. The summed E-state index contributed by atoms with van der Waals surface area (Å²) in [5.41, 5.74) is 2.96. The van der Waals surface area contributed by atoms with Gasteiger partial charge >= 0.3 is 0 Å². The van der Waals surface area contributed by atoms with Gasteiger partial charge in [0.05, 0.1) is 22.6 Å². The van der Waals surface area contributed by atoms with Crippen LogP contribution in [0.2, 0.25) is 5.02 Å². The van der Waals surface area contributed by atoms with Gasteiger partial charge in [-0.25, -0.2) is 9.50 Å². The van der Waals surface area contributed by atoms with Crippen molar-refractivity contribution < 1.29 is 0 Å². The van der Waals surface area contributed by atoms with Gasteiger partial charge in [0.2, 0.25) is 10.1 Å². The predicted octanol–water partition coefficient (Wildman–Crippen LogP) is 3.22. The Morgan fingerprint density at radius 2 is 1.96 bits per heavy atom. The molecule has 0 aromatic carbocycles. The monoisotopic (exact) mass is 411 g/mol. The number of pyridine rings is 2. The highest BCUT2D eigenvalue weighted by Gasteiger charge is 2.21. The number of nitrogens with zero attached hydrogens (tertiary/aromatic N) is 7. The first-order chi connectivity index (χ1) is 13.7. The van der Waals surface area contributed by atoms with Crippen LogP contribution < -0.4 is 4.90 Å². The molecule has 5 rings (SSSR count). The van der Waals surface area contributed by atoms with Crippen molar-refractivity contribution in [1.29, 1.82) is 0 Å². The second-order valence-corrected chi connectivity index (χ2v) is 8.08.